The minimum atomic E-state index is -1.22. The summed E-state index contributed by atoms with van der Waals surface area (Å²) in [7, 11) is 0. The van der Waals surface area contributed by atoms with E-state index in [9.17, 15) is 24.0 Å². The van der Waals surface area contributed by atoms with Gasteiger partial charge in [-0.15, -0.1) is 0 Å². The van der Waals surface area contributed by atoms with Crippen molar-refractivity contribution < 1.29 is 33.4 Å². The Balaban J connectivity index is 2.61. The van der Waals surface area contributed by atoms with Crippen molar-refractivity contribution in [2.45, 2.75) is 117 Å². The Morgan fingerprint density at radius 1 is 0.851 bits per heavy atom. The van der Waals surface area contributed by atoms with Crippen LogP contribution in [0.25, 0.3) is 0 Å². The maximum absolute atomic E-state index is 14.4. The summed E-state index contributed by atoms with van der Waals surface area (Å²) < 4.78 is 11.1. The largest absolute Gasteiger partial charge is 0.458 e. The Labute approximate surface area is 278 Å². The average molecular weight is 653 g/mol. The smallest absolute Gasteiger partial charge is 0.408 e. The number of hydrogen-bond donors (Lipinski definition) is 3. The molecular weight excluding hydrogens is 600 g/mol. The third-order valence-corrected chi connectivity index (χ3v) is 6.91. The summed E-state index contributed by atoms with van der Waals surface area (Å²) in [6.45, 7) is 14.3. The van der Waals surface area contributed by atoms with Gasteiger partial charge in [-0.2, -0.15) is 0 Å². The summed E-state index contributed by atoms with van der Waals surface area (Å²) in [5.41, 5.74) is 5.94. The van der Waals surface area contributed by atoms with Gasteiger partial charge in [-0.1, -0.05) is 73.5 Å². The van der Waals surface area contributed by atoms with Crippen molar-refractivity contribution in [3.8, 4) is 0 Å². The third kappa shape index (κ3) is 13.9. The predicted octanol–water partition coefficient (Wildman–Crippen LogP) is 4.89. The molecule has 2 rings (SSSR count). The molecule has 0 heterocycles. The summed E-state index contributed by atoms with van der Waals surface area (Å²) in [5.74, 6) is -2.46. The highest BCUT2D eigenvalue weighted by molar-refractivity contribution is 5.94. The molecule has 0 bridgehead atoms. The maximum Gasteiger partial charge on any atom is 0.408 e. The monoisotopic (exact) mass is 652 g/mol. The fourth-order valence-electron chi connectivity index (χ4n) is 4.87. The van der Waals surface area contributed by atoms with Crippen LogP contribution in [0.2, 0.25) is 0 Å². The molecule has 0 aromatic heterocycles. The van der Waals surface area contributed by atoms with Gasteiger partial charge < -0.3 is 30.7 Å². The molecule has 4 amide bonds. The zero-order valence-electron chi connectivity index (χ0n) is 29.1. The molecule has 0 saturated heterocycles. The molecule has 0 fully saturated rings. The van der Waals surface area contributed by atoms with Gasteiger partial charge in [0.2, 0.25) is 17.7 Å². The van der Waals surface area contributed by atoms with Gasteiger partial charge in [-0.25, -0.2) is 9.59 Å². The fraction of sp³-hybridized carbons (Fsp3) is 0.528. The minimum Gasteiger partial charge on any atom is -0.458 e. The molecule has 0 radical (unpaired) electrons. The molecule has 11 heteroatoms. The minimum absolute atomic E-state index is 0.104. The number of aryl methyl sites for hydroxylation is 1. The Morgan fingerprint density at radius 2 is 1.49 bits per heavy atom. The number of benzene rings is 2. The van der Waals surface area contributed by atoms with Gasteiger partial charge in [0.1, 0.15) is 29.3 Å². The summed E-state index contributed by atoms with van der Waals surface area (Å²) in [6, 6.07) is 13.0. The second kappa shape index (κ2) is 17.5. The SMILES string of the molecule is CCCCN(C(=O)C(CCC(N)=O)NC(=O)OC(C)(C)C)C(C(=O)NC(Cc1ccccc1)C(=O)OC(C)(C)C)c1cccc(C)c1. The van der Waals surface area contributed by atoms with Gasteiger partial charge >= 0.3 is 12.1 Å². The third-order valence-electron chi connectivity index (χ3n) is 6.91. The summed E-state index contributed by atoms with van der Waals surface area (Å²) in [5, 5.41) is 5.48. The van der Waals surface area contributed by atoms with Crippen molar-refractivity contribution in [1.29, 1.82) is 0 Å². The summed E-state index contributed by atoms with van der Waals surface area (Å²) in [6.07, 6.45) is 0.258. The summed E-state index contributed by atoms with van der Waals surface area (Å²) in [4.78, 5) is 68.3. The van der Waals surface area contributed by atoms with Crippen LogP contribution in [-0.2, 0) is 35.1 Å². The lowest BCUT2D eigenvalue weighted by molar-refractivity contribution is -0.159. The van der Waals surface area contributed by atoms with Crippen molar-refractivity contribution in [2.75, 3.05) is 6.54 Å². The van der Waals surface area contributed by atoms with Crippen LogP contribution in [0, 0.1) is 6.92 Å². The molecule has 4 N–H and O–H groups in total. The van der Waals surface area contributed by atoms with Gasteiger partial charge in [-0.05, 0) is 72.4 Å². The number of carbonyl (C=O) groups excluding carboxylic acids is 5. The van der Waals surface area contributed by atoms with Crippen LogP contribution in [0.5, 0.6) is 0 Å². The maximum atomic E-state index is 14.4. The highest BCUT2D eigenvalue weighted by Crippen LogP contribution is 2.26. The molecular formula is C36H52N4O7. The number of carbonyl (C=O) groups is 5. The topological polar surface area (TPSA) is 157 Å². The molecule has 11 nitrogen and oxygen atoms in total. The number of alkyl carbamates (subject to hydrolysis) is 1. The van der Waals surface area contributed by atoms with E-state index in [1.54, 1.807) is 59.7 Å². The number of nitrogens with two attached hydrogens (primary N) is 1. The van der Waals surface area contributed by atoms with Crippen molar-refractivity contribution >= 4 is 29.8 Å². The molecule has 258 valence electrons. The first-order valence-corrected chi connectivity index (χ1v) is 16.1. The van der Waals surface area contributed by atoms with Crippen LogP contribution in [0.1, 0.15) is 96.9 Å². The van der Waals surface area contributed by atoms with Crippen molar-refractivity contribution in [3.63, 3.8) is 0 Å². The zero-order chi connectivity index (χ0) is 35.4. The van der Waals surface area contributed by atoms with Gasteiger partial charge in [0.15, 0.2) is 0 Å². The number of rotatable bonds is 15. The standard InChI is InChI=1S/C36H52N4O7/c1-9-10-21-40(32(43)27(19-20-29(37)41)39-34(45)47-36(6,7)8)30(26-18-14-15-24(2)22-26)31(42)38-28(33(44)46-35(3,4)5)23-25-16-12-11-13-17-25/h11-18,22,27-28,30H,9-10,19-21,23H2,1-8H3,(H2,37,41)(H,38,42)(H,39,45). The van der Waals surface area contributed by atoms with E-state index in [1.165, 1.54) is 4.90 Å². The molecule has 3 atom stereocenters. The normalized spacial score (nSPS) is 13.4. The fourth-order valence-corrected chi connectivity index (χ4v) is 4.87. The van der Waals surface area contributed by atoms with Crippen LogP contribution in [0.4, 0.5) is 4.79 Å². The Morgan fingerprint density at radius 3 is 2.04 bits per heavy atom. The predicted molar refractivity (Wildman–Crippen MR) is 180 cm³/mol. The van der Waals surface area contributed by atoms with E-state index in [4.69, 9.17) is 15.2 Å². The summed E-state index contributed by atoms with van der Waals surface area (Å²) >= 11 is 0. The molecule has 3 unspecified atom stereocenters. The highest BCUT2D eigenvalue weighted by Gasteiger charge is 2.38. The highest BCUT2D eigenvalue weighted by atomic mass is 16.6. The van der Waals surface area contributed by atoms with E-state index in [2.05, 4.69) is 10.6 Å². The Kier molecular flexibility index (Phi) is 14.4. The van der Waals surface area contributed by atoms with E-state index in [-0.39, 0.29) is 25.8 Å². The number of nitrogens with one attached hydrogen (secondary N) is 2. The first-order chi connectivity index (χ1) is 21.9. The molecule has 47 heavy (non-hydrogen) atoms. The molecule has 0 aliphatic heterocycles. The lowest BCUT2D eigenvalue weighted by atomic mass is 9.98. The average Bonchev–Trinajstić information content (AvgIpc) is 2.95. The van der Waals surface area contributed by atoms with E-state index < -0.39 is 59.1 Å². The number of amides is 4. The number of hydrogen-bond acceptors (Lipinski definition) is 7. The van der Waals surface area contributed by atoms with Gasteiger partial charge in [0, 0.05) is 19.4 Å². The first kappa shape index (κ1) is 38.8. The van der Waals surface area contributed by atoms with Crippen LogP contribution in [0.3, 0.4) is 0 Å². The first-order valence-electron chi connectivity index (χ1n) is 16.1. The molecule has 2 aromatic rings. The van der Waals surface area contributed by atoms with Crippen LogP contribution < -0.4 is 16.4 Å². The van der Waals surface area contributed by atoms with E-state index in [0.717, 1.165) is 11.1 Å². The number of ether oxygens (including phenoxy) is 2. The van der Waals surface area contributed by atoms with Crippen molar-refractivity contribution in [3.05, 3.63) is 71.3 Å². The lowest BCUT2D eigenvalue weighted by Gasteiger charge is -2.35. The number of unbranched alkanes of at least 4 members (excludes halogenated alkanes) is 1. The number of nitrogens with zero attached hydrogens (tertiary/aromatic N) is 1. The van der Waals surface area contributed by atoms with E-state index in [1.807, 2.05) is 50.2 Å². The van der Waals surface area contributed by atoms with Crippen LogP contribution in [0.15, 0.2) is 54.6 Å². The molecule has 0 spiro atoms. The quantitative estimate of drug-likeness (QED) is 0.231. The van der Waals surface area contributed by atoms with Gasteiger partial charge in [-0.3, -0.25) is 14.4 Å². The Hall–Kier alpha value is -4.41. The van der Waals surface area contributed by atoms with Crippen molar-refractivity contribution in [1.82, 2.24) is 15.5 Å². The van der Waals surface area contributed by atoms with Gasteiger partial charge in [0.05, 0.1) is 0 Å². The second-order valence-corrected chi connectivity index (χ2v) is 13.7. The second-order valence-electron chi connectivity index (χ2n) is 13.7. The lowest BCUT2D eigenvalue weighted by Crippen LogP contribution is -2.55. The van der Waals surface area contributed by atoms with Crippen LogP contribution >= 0.6 is 0 Å². The van der Waals surface area contributed by atoms with Crippen LogP contribution in [-0.4, -0.2) is 64.5 Å². The number of esters is 1. The van der Waals surface area contributed by atoms with E-state index >= 15 is 0 Å². The van der Waals surface area contributed by atoms with Gasteiger partial charge in [0.25, 0.3) is 0 Å². The molecule has 0 saturated carbocycles. The Bertz CT molecular complexity index is 1370. The molecule has 0 aliphatic carbocycles. The number of primary amides is 1. The molecule has 2 aromatic carbocycles. The molecule has 0 aliphatic rings. The van der Waals surface area contributed by atoms with E-state index in [0.29, 0.717) is 18.4 Å². The van der Waals surface area contributed by atoms with Crippen molar-refractivity contribution in [2.24, 2.45) is 5.73 Å². The zero-order valence-corrected chi connectivity index (χ0v) is 29.1.